The fourth-order valence-corrected chi connectivity index (χ4v) is 1.44. The van der Waals surface area contributed by atoms with Crippen molar-refractivity contribution < 1.29 is 4.74 Å². The van der Waals surface area contributed by atoms with E-state index in [2.05, 4.69) is 18.0 Å². The summed E-state index contributed by atoms with van der Waals surface area (Å²) in [5, 5.41) is 0. The molecule has 0 saturated carbocycles. The van der Waals surface area contributed by atoms with Crippen molar-refractivity contribution in [2.75, 3.05) is 6.61 Å². The Morgan fingerprint density at radius 3 is 2.76 bits per heavy atom. The first-order valence-corrected chi connectivity index (χ1v) is 5.65. The number of hydrogen-bond acceptors (Lipinski definition) is 2. The van der Waals surface area contributed by atoms with Crippen LogP contribution in [0, 0.1) is 6.92 Å². The molecular formula is C14H16N2O. The van der Waals surface area contributed by atoms with E-state index in [0.29, 0.717) is 6.61 Å². The number of imidazole rings is 1. The van der Waals surface area contributed by atoms with Gasteiger partial charge in [-0.1, -0.05) is 23.8 Å². The predicted molar refractivity (Wildman–Crippen MR) is 68.0 cm³/mol. The number of aryl methyl sites for hydroxylation is 1. The molecule has 0 saturated heterocycles. The van der Waals surface area contributed by atoms with Crippen LogP contribution in [0.2, 0.25) is 0 Å². The summed E-state index contributed by atoms with van der Waals surface area (Å²) in [7, 11) is 0. The zero-order valence-corrected chi connectivity index (χ0v) is 9.91. The summed E-state index contributed by atoms with van der Waals surface area (Å²) in [4.78, 5) is 3.97. The fraction of sp³-hybridized carbons (Fsp3) is 0.214. The van der Waals surface area contributed by atoms with Gasteiger partial charge in [0, 0.05) is 18.9 Å². The van der Waals surface area contributed by atoms with E-state index in [1.54, 1.807) is 12.5 Å². The van der Waals surface area contributed by atoms with E-state index in [1.807, 2.05) is 41.1 Å². The van der Waals surface area contributed by atoms with Crippen LogP contribution in [-0.2, 0) is 6.54 Å². The number of aromatic nitrogens is 2. The number of allylic oxidation sites excluding steroid dienone is 1. The van der Waals surface area contributed by atoms with Crippen LogP contribution in [0.15, 0.2) is 55.1 Å². The van der Waals surface area contributed by atoms with Gasteiger partial charge in [0.25, 0.3) is 0 Å². The van der Waals surface area contributed by atoms with Gasteiger partial charge in [-0.3, -0.25) is 0 Å². The van der Waals surface area contributed by atoms with Crippen LogP contribution in [0.4, 0.5) is 0 Å². The van der Waals surface area contributed by atoms with Crippen LogP contribution in [0.5, 0.6) is 5.75 Å². The van der Waals surface area contributed by atoms with Crippen molar-refractivity contribution in [1.29, 1.82) is 0 Å². The highest BCUT2D eigenvalue weighted by atomic mass is 16.5. The topological polar surface area (TPSA) is 27.1 Å². The lowest BCUT2D eigenvalue weighted by atomic mass is 10.2. The average Bonchev–Trinajstić information content (AvgIpc) is 2.84. The Morgan fingerprint density at radius 2 is 2.06 bits per heavy atom. The lowest BCUT2D eigenvalue weighted by Gasteiger charge is -2.02. The predicted octanol–water partition coefficient (Wildman–Crippen LogP) is 2.83. The molecule has 0 aliphatic carbocycles. The van der Waals surface area contributed by atoms with Gasteiger partial charge >= 0.3 is 0 Å². The van der Waals surface area contributed by atoms with Gasteiger partial charge in [-0.2, -0.15) is 0 Å². The van der Waals surface area contributed by atoms with Gasteiger partial charge in [-0.05, 0) is 25.1 Å². The highest BCUT2D eigenvalue weighted by Gasteiger charge is 1.90. The SMILES string of the molecule is Cc1ccc(OC/C=C/Cn2ccnc2)cc1. The van der Waals surface area contributed by atoms with E-state index in [0.717, 1.165) is 12.3 Å². The molecule has 0 radical (unpaired) electrons. The normalized spacial score (nSPS) is 10.9. The molecule has 0 fully saturated rings. The Hall–Kier alpha value is -2.03. The van der Waals surface area contributed by atoms with Gasteiger partial charge in [0.15, 0.2) is 0 Å². The summed E-state index contributed by atoms with van der Waals surface area (Å²) in [5.74, 6) is 0.905. The van der Waals surface area contributed by atoms with Gasteiger partial charge in [-0.15, -0.1) is 0 Å². The van der Waals surface area contributed by atoms with E-state index < -0.39 is 0 Å². The number of rotatable bonds is 5. The molecule has 17 heavy (non-hydrogen) atoms. The minimum Gasteiger partial charge on any atom is -0.490 e. The third-order valence-electron chi connectivity index (χ3n) is 2.41. The molecule has 1 heterocycles. The van der Waals surface area contributed by atoms with Crippen molar-refractivity contribution >= 4 is 0 Å². The molecule has 3 heteroatoms. The highest BCUT2D eigenvalue weighted by molar-refractivity contribution is 5.26. The summed E-state index contributed by atoms with van der Waals surface area (Å²) >= 11 is 0. The average molecular weight is 228 g/mol. The van der Waals surface area contributed by atoms with E-state index in [-0.39, 0.29) is 0 Å². The third kappa shape index (κ3) is 3.79. The van der Waals surface area contributed by atoms with E-state index >= 15 is 0 Å². The number of benzene rings is 1. The first-order valence-electron chi connectivity index (χ1n) is 5.65. The van der Waals surface area contributed by atoms with Crippen LogP contribution in [0.3, 0.4) is 0 Å². The summed E-state index contributed by atoms with van der Waals surface area (Å²) in [6.45, 7) is 3.49. The van der Waals surface area contributed by atoms with Crippen molar-refractivity contribution in [1.82, 2.24) is 9.55 Å². The summed E-state index contributed by atoms with van der Waals surface area (Å²) < 4.78 is 7.57. The van der Waals surface area contributed by atoms with Crippen molar-refractivity contribution in [3.05, 3.63) is 60.7 Å². The molecule has 0 bridgehead atoms. The van der Waals surface area contributed by atoms with Gasteiger partial charge in [-0.25, -0.2) is 4.98 Å². The van der Waals surface area contributed by atoms with Crippen LogP contribution >= 0.6 is 0 Å². The molecule has 1 aromatic carbocycles. The molecule has 0 aliphatic heterocycles. The minimum absolute atomic E-state index is 0.595. The molecule has 2 aromatic rings. The number of hydrogen-bond donors (Lipinski definition) is 0. The standard InChI is InChI=1S/C14H16N2O/c1-13-4-6-14(7-5-13)17-11-3-2-9-16-10-8-15-12-16/h2-8,10,12H,9,11H2,1H3/b3-2+. The van der Waals surface area contributed by atoms with E-state index in [9.17, 15) is 0 Å². The lowest BCUT2D eigenvalue weighted by Crippen LogP contribution is -1.95. The third-order valence-corrected chi connectivity index (χ3v) is 2.41. The minimum atomic E-state index is 0.595. The second-order valence-corrected chi connectivity index (χ2v) is 3.85. The molecule has 2 rings (SSSR count). The van der Waals surface area contributed by atoms with Crippen molar-refractivity contribution in [2.45, 2.75) is 13.5 Å². The van der Waals surface area contributed by atoms with Crippen molar-refractivity contribution in [3.8, 4) is 5.75 Å². The van der Waals surface area contributed by atoms with Crippen LogP contribution in [0.25, 0.3) is 0 Å². The molecule has 0 spiro atoms. The molecular weight excluding hydrogens is 212 g/mol. The Labute approximate surface area is 101 Å². The second kappa shape index (κ2) is 5.89. The molecule has 0 unspecified atom stereocenters. The van der Waals surface area contributed by atoms with Crippen LogP contribution < -0.4 is 4.74 Å². The Morgan fingerprint density at radius 1 is 1.24 bits per heavy atom. The maximum Gasteiger partial charge on any atom is 0.119 e. The Bertz CT molecular complexity index is 457. The molecule has 1 aromatic heterocycles. The molecule has 0 aliphatic rings. The van der Waals surface area contributed by atoms with Gasteiger partial charge in [0.2, 0.25) is 0 Å². The summed E-state index contributed by atoms with van der Waals surface area (Å²) in [5.41, 5.74) is 1.24. The van der Waals surface area contributed by atoms with Crippen LogP contribution in [-0.4, -0.2) is 16.2 Å². The fourth-order valence-electron chi connectivity index (χ4n) is 1.44. The molecule has 3 nitrogen and oxygen atoms in total. The van der Waals surface area contributed by atoms with Crippen molar-refractivity contribution in [2.24, 2.45) is 0 Å². The lowest BCUT2D eigenvalue weighted by molar-refractivity contribution is 0.362. The first kappa shape index (κ1) is 11.5. The molecule has 88 valence electrons. The highest BCUT2D eigenvalue weighted by Crippen LogP contribution is 2.10. The zero-order chi connectivity index (χ0) is 11.9. The largest absolute Gasteiger partial charge is 0.490 e. The molecule has 0 N–H and O–H groups in total. The summed E-state index contributed by atoms with van der Waals surface area (Å²) in [6.07, 6.45) is 9.59. The van der Waals surface area contributed by atoms with Gasteiger partial charge in [0.05, 0.1) is 6.33 Å². The number of nitrogens with zero attached hydrogens (tertiary/aromatic N) is 2. The van der Waals surface area contributed by atoms with Crippen molar-refractivity contribution in [3.63, 3.8) is 0 Å². The zero-order valence-electron chi connectivity index (χ0n) is 9.91. The second-order valence-electron chi connectivity index (χ2n) is 3.85. The van der Waals surface area contributed by atoms with E-state index in [4.69, 9.17) is 4.74 Å². The quantitative estimate of drug-likeness (QED) is 0.736. The number of ether oxygens (including phenoxy) is 1. The molecule has 0 atom stereocenters. The molecule has 0 amide bonds. The smallest absolute Gasteiger partial charge is 0.119 e. The van der Waals surface area contributed by atoms with Crippen LogP contribution in [0.1, 0.15) is 5.56 Å². The monoisotopic (exact) mass is 228 g/mol. The Kier molecular flexibility index (Phi) is 3.97. The van der Waals surface area contributed by atoms with Gasteiger partial charge in [0.1, 0.15) is 12.4 Å². The van der Waals surface area contributed by atoms with Gasteiger partial charge < -0.3 is 9.30 Å². The first-order chi connectivity index (χ1) is 8.34. The summed E-state index contributed by atoms with van der Waals surface area (Å²) in [6, 6.07) is 8.06. The maximum absolute atomic E-state index is 5.57. The maximum atomic E-state index is 5.57. The Balaban J connectivity index is 1.72. The van der Waals surface area contributed by atoms with E-state index in [1.165, 1.54) is 5.56 Å².